The van der Waals surface area contributed by atoms with Crippen LogP contribution in [-0.2, 0) is 11.2 Å². The van der Waals surface area contributed by atoms with Gasteiger partial charge >= 0.3 is 0 Å². The van der Waals surface area contributed by atoms with E-state index in [1.54, 1.807) is 0 Å². The van der Waals surface area contributed by atoms with Gasteiger partial charge < -0.3 is 15.1 Å². The molecule has 94 valence electrons. The zero-order chi connectivity index (χ0) is 12.5. The van der Waals surface area contributed by atoms with Crippen molar-refractivity contribution in [3.63, 3.8) is 0 Å². The van der Waals surface area contributed by atoms with E-state index in [-0.39, 0.29) is 11.9 Å². The molecule has 1 aromatic heterocycles. The van der Waals surface area contributed by atoms with E-state index in [2.05, 4.69) is 15.6 Å². The van der Waals surface area contributed by atoms with E-state index in [0.717, 1.165) is 23.2 Å². The molecule has 1 saturated heterocycles. The Bertz CT molecular complexity index is 591. The fraction of sp³-hybridized carbons (Fsp3) is 0.385. The summed E-state index contributed by atoms with van der Waals surface area (Å²) < 4.78 is 5.67. The lowest BCUT2D eigenvalue weighted by Crippen LogP contribution is -2.53. The van der Waals surface area contributed by atoms with Crippen molar-refractivity contribution in [3.8, 4) is 0 Å². The number of rotatable bonds is 2. The van der Waals surface area contributed by atoms with Crippen LogP contribution >= 0.6 is 0 Å². The maximum absolute atomic E-state index is 11.6. The predicted molar refractivity (Wildman–Crippen MR) is 67.3 cm³/mol. The molecule has 0 aliphatic carbocycles. The minimum absolute atomic E-state index is 0.0136. The van der Waals surface area contributed by atoms with Crippen molar-refractivity contribution in [1.82, 2.24) is 15.6 Å². The van der Waals surface area contributed by atoms with E-state index in [4.69, 9.17) is 4.42 Å². The molecule has 1 aromatic carbocycles. The van der Waals surface area contributed by atoms with Crippen LogP contribution < -0.4 is 10.6 Å². The molecule has 1 aliphatic heterocycles. The van der Waals surface area contributed by atoms with Gasteiger partial charge in [0, 0.05) is 19.5 Å². The molecule has 5 heteroatoms. The smallest absolute Gasteiger partial charge is 0.237 e. The summed E-state index contributed by atoms with van der Waals surface area (Å²) in [5, 5.41) is 5.99. The summed E-state index contributed by atoms with van der Waals surface area (Å²) >= 11 is 0. The molecule has 2 aromatic rings. The van der Waals surface area contributed by atoms with Gasteiger partial charge in [-0.3, -0.25) is 4.79 Å². The van der Waals surface area contributed by atoms with Crippen molar-refractivity contribution in [2.45, 2.75) is 19.4 Å². The fourth-order valence-electron chi connectivity index (χ4n) is 2.15. The third-order valence-corrected chi connectivity index (χ3v) is 3.10. The summed E-state index contributed by atoms with van der Waals surface area (Å²) in [5.74, 6) is 0.616. The minimum Gasteiger partial charge on any atom is -0.441 e. The maximum atomic E-state index is 11.6. The average Bonchev–Trinajstić information content (AvgIpc) is 2.73. The second kappa shape index (κ2) is 4.42. The van der Waals surface area contributed by atoms with Gasteiger partial charge in [-0.15, -0.1) is 0 Å². The lowest BCUT2D eigenvalue weighted by atomic mass is 10.1. The maximum Gasteiger partial charge on any atom is 0.237 e. The lowest BCUT2D eigenvalue weighted by Gasteiger charge is -2.22. The number of aryl methyl sites for hydroxylation is 1. The molecule has 18 heavy (non-hydrogen) atoms. The number of hydrogen-bond donors (Lipinski definition) is 2. The number of carbonyl (C=O) groups excluding carboxylic acids is 1. The molecule has 2 heterocycles. The highest BCUT2D eigenvalue weighted by molar-refractivity contribution is 5.82. The molecule has 1 atom stereocenters. The quantitative estimate of drug-likeness (QED) is 0.820. The Kier molecular flexibility index (Phi) is 2.76. The summed E-state index contributed by atoms with van der Waals surface area (Å²) in [6, 6.07) is 5.65. The Balaban J connectivity index is 1.84. The first kappa shape index (κ1) is 11.2. The monoisotopic (exact) mass is 245 g/mol. The molecule has 0 spiro atoms. The molecule has 5 nitrogen and oxygen atoms in total. The topological polar surface area (TPSA) is 67.2 Å². The van der Waals surface area contributed by atoms with Gasteiger partial charge in [0.2, 0.25) is 5.91 Å². The molecular weight excluding hydrogens is 230 g/mol. The number of piperazine rings is 1. The predicted octanol–water partition coefficient (Wildman–Crippen LogP) is 0.767. The standard InChI is InChI=1S/C13H15N3O2/c1-8-2-3-9-11(6-8)18-12(16-9)7-10-13(17)15-5-4-14-10/h2-3,6,10,14H,4-5,7H2,1H3,(H,15,17). The Morgan fingerprint density at radius 1 is 1.44 bits per heavy atom. The normalized spacial score (nSPS) is 20.1. The van der Waals surface area contributed by atoms with E-state index in [0.29, 0.717) is 18.9 Å². The molecule has 3 rings (SSSR count). The van der Waals surface area contributed by atoms with Crippen LogP contribution in [0.4, 0.5) is 0 Å². The molecule has 1 fully saturated rings. The van der Waals surface area contributed by atoms with Crippen molar-refractivity contribution in [1.29, 1.82) is 0 Å². The first-order valence-corrected chi connectivity index (χ1v) is 6.09. The van der Waals surface area contributed by atoms with Gasteiger partial charge in [-0.05, 0) is 24.6 Å². The van der Waals surface area contributed by atoms with Crippen LogP contribution in [0.2, 0.25) is 0 Å². The largest absolute Gasteiger partial charge is 0.441 e. The fourth-order valence-corrected chi connectivity index (χ4v) is 2.15. The number of hydrogen-bond acceptors (Lipinski definition) is 4. The van der Waals surface area contributed by atoms with E-state index in [1.807, 2.05) is 25.1 Å². The van der Waals surface area contributed by atoms with Crippen LogP contribution in [0.5, 0.6) is 0 Å². The summed E-state index contributed by atoms with van der Waals surface area (Å²) in [6.07, 6.45) is 0.486. The summed E-state index contributed by atoms with van der Waals surface area (Å²) in [7, 11) is 0. The van der Waals surface area contributed by atoms with Gasteiger partial charge in [0.15, 0.2) is 11.5 Å². The Morgan fingerprint density at radius 2 is 2.33 bits per heavy atom. The number of fused-ring (bicyclic) bond motifs is 1. The van der Waals surface area contributed by atoms with E-state index in [9.17, 15) is 4.79 Å². The highest BCUT2D eigenvalue weighted by atomic mass is 16.3. The number of nitrogens with zero attached hydrogens (tertiary/aromatic N) is 1. The number of amides is 1. The number of oxazole rings is 1. The van der Waals surface area contributed by atoms with Gasteiger partial charge in [0.1, 0.15) is 5.52 Å². The highest BCUT2D eigenvalue weighted by Crippen LogP contribution is 2.18. The molecule has 1 amide bonds. The third kappa shape index (κ3) is 2.09. The third-order valence-electron chi connectivity index (χ3n) is 3.10. The number of carbonyl (C=O) groups is 1. The van der Waals surface area contributed by atoms with Crippen LogP contribution in [0, 0.1) is 6.92 Å². The van der Waals surface area contributed by atoms with Gasteiger partial charge in [-0.1, -0.05) is 6.07 Å². The molecule has 0 saturated carbocycles. The Labute approximate surface area is 105 Å². The van der Waals surface area contributed by atoms with Crippen molar-refractivity contribution in [2.75, 3.05) is 13.1 Å². The van der Waals surface area contributed by atoms with E-state index in [1.165, 1.54) is 0 Å². The first-order chi connectivity index (χ1) is 8.72. The first-order valence-electron chi connectivity index (χ1n) is 6.09. The summed E-state index contributed by atoms with van der Waals surface area (Å²) in [6.45, 7) is 3.48. The molecular formula is C13H15N3O2. The van der Waals surface area contributed by atoms with Crippen LogP contribution in [0.3, 0.4) is 0 Å². The Morgan fingerprint density at radius 3 is 3.17 bits per heavy atom. The van der Waals surface area contributed by atoms with Gasteiger partial charge in [0.25, 0.3) is 0 Å². The van der Waals surface area contributed by atoms with Crippen LogP contribution in [0.15, 0.2) is 22.6 Å². The van der Waals surface area contributed by atoms with Crippen LogP contribution in [0.1, 0.15) is 11.5 Å². The second-order valence-electron chi connectivity index (χ2n) is 4.58. The van der Waals surface area contributed by atoms with E-state index < -0.39 is 0 Å². The van der Waals surface area contributed by atoms with Crippen molar-refractivity contribution in [2.24, 2.45) is 0 Å². The molecule has 0 radical (unpaired) electrons. The number of nitrogens with one attached hydrogen (secondary N) is 2. The van der Waals surface area contributed by atoms with Crippen LogP contribution in [0.25, 0.3) is 11.1 Å². The second-order valence-corrected chi connectivity index (χ2v) is 4.58. The van der Waals surface area contributed by atoms with Crippen molar-refractivity contribution >= 4 is 17.0 Å². The van der Waals surface area contributed by atoms with Gasteiger partial charge in [-0.2, -0.15) is 0 Å². The van der Waals surface area contributed by atoms with Crippen molar-refractivity contribution < 1.29 is 9.21 Å². The number of aromatic nitrogens is 1. The summed E-state index contributed by atoms with van der Waals surface area (Å²) in [5.41, 5.74) is 2.76. The lowest BCUT2D eigenvalue weighted by molar-refractivity contribution is -0.124. The van der Waals surface area contributed by atoms with Crippen LogP contribution in [-0.4, -0.2) is 30.0 Å². The molecule has 1 aliphatic rings. The Hall–Kier alpha value is -1.88. The average molecular weight is 245 g/mol. The highest BCUT2D eigenvalue weighted by Gasteiger charge is 2.23. The zero-order valence-corrected chi connectivity index (χ0v) is 10.2. The summed E-state index contributed by atoms with van der Waals surface area (Å²) in [4.78, 5) is 16.0. The van der Waals surface area contributed by atoms with E-state index >= 15 is 0 Å². The molecule has 0 bridgehead atoms. The van der Waals surface area contributed by atoms with Gasteiger partial charge in [0.05, 0.1) is 6.04 Å². The zero-order valence-electron chi connectivity index (χ0n) is 10.2. The van der Waals surface area contributed by atoms with Gasteiger partial charge in [-0.25, -0.2) is 4.98 Å². The van der Waals surface area contributed by atoms with Crippen molar-refractivity contribution in [3.05, 3.63) is 29.7 Å². The SMILES string of the molecule is Cc1ccc2nc(CC3NCCNC3=O)oc2c1. The number of benzene rings is 1. The minimum atomic E-state index is -0.243. The molecule has 1 unspecified atom stereocenters. The molecule has 2 N–H and O–H groups in total.